The molecular weight excluding hydrogens is 476 g/mol. The Kier molecular flexibility index (Phi) is 12.5. The van der Waals surface area contributed by atoms with Gasteiger partial charge in [0, 0.05) is 6.54 Å². The molecule has 0 spiro atoms. The molecule has 4 amide bonds. The first-order valence-electron chi connectivity index (χ1n) is 12.3. The van der Waals surface area contributed by atoms with E-state index in [1.54, 1.807) is 0 Å². The predicted molar refractivity (Wildman–Crippen MR) is 138 cm³/mol. The fraction of sp³-hybridized carbons (Fsp3) is 0.407. The van der Waals surface area contributed by atoms with Crippen molar-refractivity contribution in [1.29, 1.82) is 0 Å². The molecular formula is C27H36N4O6. The molecule has 0 aliphatic heterocycles. The van der Waals surface area contributed by atoms with Gasteiger partial charge in [-0.3, -0.25) is 4.79 Å². The van der Waals surface area contributed by atoms with Gasteiger partial charge in [-0.1, -0.05) is 74.5 Å². The first-order valence-corrected chi connectivity index (χ1v) is 12.3. The number of ether oxygens (including phenoxy) is 2. The molecule has 200 valence electrons. The second-order valence-corrected chi connectivity index (χ2v) is 8.98. The van der Waals surface area contributed by atoms with E-state index in [4.69, 9.17) is 15.2 Å². The van der Waals surface area contributed by atoms with Gasteiger partial charge in [-0.15, -0.1) is 0 Å². The number of amides is 4. The molecule has 0 aromatic heterocycles. The SMILES string of the molecule is CC(C)C[C@H](NC(=O)[C@H](CCCNC(N)=O)NC(=O)OCc1ccccc1)C(=O)OCc1ccccc1. The van der Waals surface area contributed by atoms with Crippen LogP contribution >= 0.6 is 0 Å². The molecule has 0 radical (unpaired) electrons. The average molecular weight is 513 g/mol. The lowest BCUT2D eigenvalue weighted by molar-refractivity contribution is -0.149. The molecule has 0 unspecified atom stereocenters. The van der Waals surface area contributed by atoms with Crippen LogP contribution in [0.15, 0.2) is 60.7 Å². The zero-order chi connectivity index (χ0) is 27.0. The van der Waals surface area contributed by atoms with Crippen molar-refractivity contribution in [1.82, 2.24) is 16.0 Å². The van der Waals surface area contributed by atoms with Gasteiger partial charge in [-0.25, -0.2) is 14.4 Å². The molecule has 0 bridgehead atoms. The van der Waals surface area contributed by atoms with Crippen molar-refractivity contribution in [3.05, 3.63) is 71.8 Å². The van der Waals surface area contributed by atoms with Crippen LogP contribution in [0.1, 0.15) is 44.2 Å². The maximum atomic E-state index is 13.2. The number of primary amides is 1. The number of hydrogen-bond donors (Lipinski definition) is 4. The Balaban J connectivity index is 2.01. The van der Waals surface area contributed by atoms with Gasteiger partial charge in [0.15, 0.2) is 0 Å². The third-order valence-electron chi connectivity index (χ3n) is 5.32. The lowest BCUT2D eigenvalue weighted by atomic mass is 10.0. The van der Waals surface area contributed by atoms with Crippen molar-refractivity contribution in [3.8, 4) is 0 Å². The molecule has 5 N–H and O–H groups in total. The average Bonchev–Trinajstić information content (AvgIpc) is 2.88. The highest BCUT2D eigenvalue weighted by atomic mass is 16.5. The lowest BCUT2D eigenvalue weighted by Crippen LogP contribution is -2.52. The number of carbonyl (C=O) groups is 4. The normalized spacial score (nSPS) is 12.2. The summed E-state index contributed by atoms with van der Waals surface area (Å²) in [5.41, 5.74) is 6.71. The Bertz CT molecular complexity index is 1000. The van der Waals surface area contributed by atoms with Crippen LogP contribution in [0.2, 0.25) is 0 Å². The lowest BCUT2D eigenvalue weighted by Gasteiger charge is -2.23. The summed E-state index contributed by atoms with van der Waals surface area (Å²) in [7, 11) is 0. The molecule has 0 saturated carbocycles. The highest BCUT2D eigenvalue weighted by molar-refractivity contribution is 5.89. The molecule has 10 heteroatoms. The van der Waals surface area contributed by atoms with E-state index in [1.807, 2.05) is 74.5 Å². The summed E-state index contributed by atoms with van der Waals surface area (Å²) in [6.07, 6.45) is 0.111. The van der Waals surface area contributed by atoms with E-state index in [2.05, 4.69) is 16.0 Å². The summed E-state index contributed by atoms with van der Waals surface area (Å²) in [6.45, 7) is 4.18. The maximum Gasteiger partial charge on any atom is 0.408 e. The summed E-state index contributed by atoms with van der Waals surface area (Å²) in [5.74, 6) is -1.03. The number of esters is 1. The van der Waals surface area contributed by atoms with Gasteiger partial charge in [0.1, 0.15) is 25.3 Å². The zero-order valence-electron chi connectivity index (χ0n) is 21.3. The van der Waals surface area contributed by atoms with Crippen LogP contribution in [0.5, 0.6) is 0 Å². The highest BCUT2D eigenvalue weighted by Gasteiger charge is 2.28. The second-order valence-electron chi connectivity index (χ2n) is 8.98. The molecule has 0 fully saturated rings. The summed E-state index contributed by atoms with van der Waals surface area (Å²) >= 11 is 0. The first-order chi connectivity index (χ1) is 17.7. The zero-order valence-corrected chi connectivity index (χ0v) is 21.3. The summed E-state index contributed by atoms with van der Waals surface area (Å²) in [5, 5.41) is 7.73. The number of urea groups is 1. The van der Waals surface area contributed by atoms with Gasteiger partial charge in [-0.2, -0.15) is 0 Å². The predicted octanol–water partition coefficient (Wildman–Crippen LogP) is 3.00. The monoisotopic (exact) mass is 512 g/mol. The number of hydrogen-bond acceptors (Lipinski definition) is 6. The molecule has 0 saturated heterocycles. The minimum atomic E-state index is -1.01. The van der Waals surface area contributed by atoms with Crippen molar-refractivity contribution in [2.45, 2.75) is 58.4 Å². The van der Waals surface area contributed by atoms with Gasteiger partial charge in [0.25, 0.3) is 0 Å². The van der Waals surface area contributed by atoms with Crippen molar-refractivity contribution in [2.75, 3.05) is 6.54 Å². The van der Waals surface area contributed by atoms with Crippen LogP contribution in [0, 0.1) is 5.92 Å². The minimum Gasteiger partial charge on any atom is -0.459 e. The third-order valence-corrected chi connectivity index (χ3v) is 5.32. The van der Waals surface area contributed by atoms with Crippen LogP contribution in [-0.2, 0) is 32.3 Å². The topological polar surface area (TPSA) is 149 Å². The molecule has 2 aromatic carbocycles. The quantitative estimate of drug-likeness (QED) is 0.226. The van der Waals surface area contributed by atoms with Gasteiger partial charge in [0.2, 0.25) is 5.91 Å². The Hall–Kier alpha value is -4.08. The highest BCUT2D eigenvalue weighted by Crippen LogP contribution is 2.10. The van der Waals surface area contributed by atoms with E-state index in [0.717, 1.165) is 11.1 Å². The Morgan fingerprint density at radius 2 is 1.38 bits per heavy atom. The molecule has 2 atom stereocenters. The fourth-order valence-electron chi connectivity index (χ4n) is 3.48. The largest absolute Gasteiger partial charge is 0.459 e. The van der Waals surface area contributed by atoms with Gasteiger partial charge >= 0.3 is 18.1 Å². The summed E-state index contributed by atoms with van der Waals surface area (Å²) in [4.78, 5) is 49.4. The van der Waals surface area contributed by atoms with Gasteiger partial charge in [0.05, 0.1) is 0 Å². The standard InChI is InChI=1S/C27H36N4O6/c1-19(2)16-23(25(33)36-17-20-10-5-3-6-11-20)30-24(32)22(14-9-15-29-26(28)34)31-27(35)37-18-21-12-7-4-8-13-21/h3-8,10-13,19,22-23H,9,14-18H2,1-2H3,(H,30,32)(H,31,35)(H3,28,29,34)/t22-,23-/m0/s1. The molecule has 0 aliphatic carbocycles. The van der Waals surface area contributed by atoms with E-state index in [-0.39, 0.29) is 32.1 Å². The summed E-state index contributed by atoms with van der Waals surface area (Å²) in [6, 6.07) is 15.8. The second kappa shape index (κ2) is 15.8. The maximum absolute atomic E-state index is 13.2. The fourth-order valence-corrected chi connectivity index (χ4v) is 3.48. The number of benzene rings is 2. The molecule has 0 heterocycles. The molecule has 37 heavy (non-hydrogen) atoms. The van der Waals surface area contributed by atoms with Crippen LogP contribution in [-0.4, -0.2) is 42.6 Å². The van der Waals surface area contributed by atoms with E-state index in [1.165, 1.54) is 0 Å². The Morgan fingerprint density at radius 1 is 0.811 bits per heavy atom. The van der Waals surface area contributed by atoms with Crippen molar-refractivity contribution < 1.29 is 28.7 Å². The van der Waals surface area contributed by atoms with E-state index in [0.29, 0.717) is 12.8 Å². The number of rotatable bonds is 14. The van der Waals surface area contributed by atoms with Crippen LogP contribution in [0.25, 0.3) is 0 Å². The number of alkyl carbamates (subject to hydrolysis) is 1. The Labute approximate surface area is 217 Å². The number of nitrogens with one attached hydrogen (secondary N) is 3. The van der Waals surface area contributed by atoms with Crippen LogP contribution in [0.4, 0.5) is 9.59 Å². The van der Waals surface area contributed by atoms with Gasteiger partial charge in [-0.05, 0) is 36.3 Å². The molecule has 0 aliphatic rings. The number of carbonyl (C=O) groups excluding carboxylic acids is 4. The third kappa shape index (κ3) is 11.9. The molecule has 2 aromatic rings. The van der Waals surface area contributed by atoms with E-state index < -0.39 is 36.1 Å². The van der Waals surface area contributed by atoms with Crippen LogP contribution < -0.4 is 21.7 Å². The Morgan fingerprint density at radius 3 is 1.92 bits per heavy atom. The van der Waals surface area contributed by atoms with E-state index >= 15 is 0 Å². The first kappa shape index (κ1) is 29.2. The van der Waals surface area contributed by atoms with Gasteiger partial charge < -0.3 is 31.2 Å². The molecule has 10 nitrogen and oxygen atoms in total. The number of nitrogens with two attached hydrogens (primary N) is 1. The minimum absolute atomic E-state index is 0.0338. The molecule has 2 rings (SSSR count). The van der Waals surface area contributed by atoms with Crippen molar-refractivity contribution in [2.24, 2.45) is 11.7 Å². The summed E-state index contributed by atoms with van der Waals surface area (Å²) < 4.78 is 10.7. The van der Waals surface area contributed by atoms with Crippen molar-refractivity contribution in [3.63, 3.8) is 0 Å². The van der Waals surface area contributed by atoms with Crippen molar-refractivity contribution >= 4 is 24.0 Å². The smallest absolute Gasteiger partial charge is 0.408 e. The van der Waals surface area contributed by atoms with E-state index in [9.17, 15) is 19.2 Å². The van der Waals surface area contributed by atoms with Crippen LogP contribution in [0.3, 0.4) is 0 Å².